The lowest BCUT2D eigenvalue weighted by Crippen LogP contribution is -2.37. The van der Waals surface area contributed by atoms with Crippen molar-refractivity contribution in [2.24, 2.45) is 0 Å². The summed E-state index contributed by atoms with van der Waals surface area (Å²) in [6.07, 6.45) is 5.01. The molecule has 2 aliphatic heterocycles. The first-order chi connectivity index (χ1) is 13.2. The molecule has 6 heteroatoms. The highest BCUT2D eigenvalue weighted by molar-refractivity contribution is 5.94. The first kappa shape index (κ1) is 16.4. The van der Waals surface area contributed by atoms with Crippen LogP contribution in [0.15, 0.2) is 36.5 Å². The maximum Gasteiger partial charge on any atom is 0.139 e. The molecule has 4 heterocycles. The Morgan fingerprint density at radius 1 is 1.22 bits per heavy atom. The average molecular weight is 363 g/mol. The minimum Gasteiger partial charge on any atom is -0.341 e. The zero-order valence-electron chi connectivity index (χ0n) is 15.2. The van der Waals surface area contributed by atoms with Gasteiger partial charge in [-0.1, -0.05) is 6.92 Å². The van der Waals surface area contributed by atoms with Crippen LogP contribution < -0.4 is 10.6 Å². The molecule has 5 nitrogen and oxygen atoms in total. The maximum atomic E-state index is 13.9. The van der Waals surface area contributed by atoms with Gasteiger partial charge in [0.15, 0.2) is 0 Å². The van der Waals surface area contributed by atoms with Crippen LogP contribution in [0.2, 0.25) is 0 Å². The summed E-state index contributed by atoms with van der Waals surface area (Å²) in [6, 6.07) is 9.27. The molecule has 1 fully saturated rings. The van der Waals surface area contributed by atoms with Gasteiger partial charge in [0.2, 0.25) is 0 Å². The van der Waals surface area contributed by atoms with E-state index in [4.69, 9.17) is 4.98 Å². The molecular formula is C21H22FN5. The van der Waals surface area contributed by atoms with Crippen molar-refractivity contribution in [2.75, 3.05) is 11.9 Å². The molecule has 138 valence electrons. The molecule has 0 radical (unpaired) electrons. The molecule has 0 saturated carbocycles. The number of rotatable bonds is 2. The fourth-order valence-corrected chi connectivity index (χ4v) is 4.20. The molecule has 5 rings (SSSR count). The lowest BCUT2D eigenvalue weighted by Gasteiger charge is -2.28. The van der Waals surface area contributed by atoms with Crippen LogP contribution in [0.25, 0.3) is 22.5 Å². The van der Waals surface area contributed by atoms with Crippen LogP contribution in [0, 0.1) is 5.82 Å². The molecule has 2 atom stereocenters. The number of halogens is 1. The van der Waals surface area contributed by atoms with E-state index in [1.54, 1.807) is 6.20 Å². The molecule has 2 aliphatic rings. The van der Waals surface area contributed by atoms with E-state index in [0.717, 1.165) is 54.1 Å². The summed E-state index contributed by atoms with van der Waals surface area (Å²) >= 11 is 0. The Kier molecular flexibility index (Phi) is 3.93. The third-order valence-electron chi connectivity index (χ3n) is 5.66. The van der Waals surface area contributed by atoms with Gasteiger partial charge in [-0.05, 0) is 56.1 Å². The van der Waals surface area contributed by atoms with E-state index in [-0.39, 0.29) is 5.82 Å². The third kappa shape index (κ3) is 2.80. The number of aromatic nitrogens is 3. The Hall–Kier alpha value is -2.73. The highest BCUT2D eigenvalue weighted by Crippen LogP contribution is 2.43. The summed E-state index contributed by atoms with van der Waals surface area (Å²) in [5, 5.41) is 6.85. The molecule has 27 heavy (non-hydrogen) atoms. The highest BCUT2D eigenvalue weighted by Gasteiger charge is 2.28. The number of nitrogens with zero attached hydrogens (tertiary/aromatic N) is 2. The van der Waals surface area contributed by atoms with Crippen LogP contribution in [-0.2, 0) is 0 Å². The minimum atomic E-state index is -0.272. The maximum absolute atomic E-state index is 13.9. The molecule has 0 spiro atoms. The predicted octanol–water partition coefficient (Wildman–Crippen LogP) is 4.58. The van der Waals surface area contributed by atoms with Crippen molar-refractivity contribution in [1.82, 2.24) is 20.3 Å². The lowest BCUT2D eigenvalue weighted by atomic mass is 9.91. The second-order valence-electron chi connectivity index (χ2n) is 7.34. The number of imidazole rings is 1. The number of aromatic amines is 1. The van der Waals surface area contributed by atoms with Crippen LogP contribution in [0.4, 0.5) is 15.9 Å². The van der Waals surface area contributed by atoms with Gasteiger partial charge in [0.25, 0.3) is 0 Å². The van der Waals surface area contributed by atoms with Gasteiger partial charge in [-0.15, -0.1) is 0 Å². The summed E-state index contributed by atoms with van der Waals surface area (Å²) in [7, 11) is 0. The van der Waals surface area contributed by atoms with Crippen molar-refractivity contribution in [2.45, 2.75) is 38.1 Å². The van der Waals surface area contributed by atoms with E-state index in [9.17, 15) is 4.39 Å². The first-order valence-electron chi connectivity index (χ1n) is 9.58. The number of benzene rings is 1. The highest BCUT2D eigenvalue weighted by atomic mass is 19.1. The number of fused-ring (bicyclic) bond motifs is 5. The quantitative estimate of drug-likeness (QED) is 0.488. The van der Waals surface area contributed by atoms with Crippen molar-refractivity contribution in [3.8, 4) is 22.5 Å². The fraction of sp³-hybridized carbons (Fsp3) is 0.333. The van der Waals surface area contributed by atoms with Gasteiger partial charge in [0.1, 0.15) is 23.2 Å². The summed E-state index contributed by atoms with van der Waals surface area (Å²) in [5.74, 6) is 1.86. The number of pyridine rings is 1. The molecule has 1 saturated heterocycles. The van der Waals surface area contributed by atoms with E-state index in [0.29, 0.717) is 23.5 Å². The van der Waals surface area contributed by atoms with Crippen molar-refractivity contribution in [3.63, 3.8) is 0 Å². The standard InChI is InChI=1S/C21H22FN5/c1-2-14-10-12(7-9-23-14)20-26-18-15-6-5-13(22)11-17(15)25-21-16(19(18)27-20)4-3-8-24-21/h3-6,8,11-12,14,23H,2,7,9-10H2,1H3,(H,24,25)(H,26,27). The van der Waals surface area contributed by atoms with Crippen molar-refractivity contribution >= 4 is 11.5 Å². The van der Waals surface area contributed by atoms with E-state index in [2.05, 4.69) is 27.5 Å². The topological polar surface area (TPSA) is 65.6 Å². The second-order valence-corrected chi connectivity index (χ2v) is 7.34. The molecule has 0 bridgehead atoms. The van der Waals surface area contributed by atoms with Crippen molar-refractivity contribution < 1.29 is 4.39 Å². The Morgan fingerprint density at radius 2 is 2.15 bits per heavy atom. The van der Waals surface area contributed by atoms with Gasteiger partial charge >= 0.3 is 0 Å². The average Bonchev–Trinajstić information content (AvgIpc) is 3.09. The summed E-state index contributed by atoms with van der Waals surface area (Å²) in [4.78, 5) is 13.0. The van der Waals surface area contributed by atoms with Crippen LogP contribution >= 0.6 is 0 Å². The van der Waals surface area contributed by atoms with E-state index in [1.807, 2.05) is 18.2 Å². The molecule has 3 N–H and O–H groups in total. The number of anilines is 2. The van der Waals surface area contributed by atoms with Crippen LogP contribution in [0.3, 0.4) is 0 Å². The van der Waals surface area contributed by atoms with Gasteiger partial charge in [0, 0.05) is 29.3 Å². The number of nitrogens with one attached hydrogen (secondary N) is 3. The number of hydrogen-bond donors (Lipinski definition) is 3. The molecule has 0 amide bonds. The summed E-state index contributed by atoms with van der Waals surface area (Å²) in [5.41, 5.74) is 4.39. The molecule has 2 unspecified atom stereocenters. The number of H-pyrrole nitrogens is 1. The Morgan fingerprint density at radius 3 is 3.04 bits per heavy atom. The fourth-order valence-electron chi connectivity index (χ4n) is 4.20. The molecule has 3 aromatic rings. The lowest BCUT2D eigenvalue weighted by molar-refractivity contribution is 0.347. The molecule has 1 aromatic carbocycles. The van der Waals surface area contributed by atoms with Crippen molar-refractivity contribution in [3.05, 3.63) is 48.2 Å². The van der Waals surface area contributed by atoms with Crippen LogP contribution in [0.1, 0.15) is 37.9 Å². The van der Waals surface area contributed by atoms with E-state index in [1.165, 1.54) is 12.1 Å². The van der Waals surface area contributed by atoms with Gasteiger partial charge in [-0.3, -0.25) is 0 Å². The van der Waals surface area contributed by atoms with E-state index < -0.39 is 0 Å². The second kappa shape index (κ2) is 6.46. The largest absolute Gasteiger partial charge is 0.341 e. The van der Waals surface area contributed by atoms with Crippen molar-refractivity contribution in [1.29, 1.82) is 0 Å². The first-order valence-corrected chi connectivity index (χ1v) is 9.58. The smallest absolute Gasteiger partial charge is 0.139 e. The van der Waals surface area contributed by atoms with Gasteiger partial charge < -0.3 is 15.6 Å². The third-order valence-corrected chi connectivity index (χ3v) is 5.66. The zero-order chi connectivity index (χ0) is 18.4. The van der Waals surface area contributed by atoms with Crippen LogP contribution in [0.5, 0.6) is 0 Å². The monoisotopic (exact) mass is 363 g/mol. The Balaban J connectivity index is 1.66. The van der Waals surface area contributed by atoms with Gasteiger partial charge in [-0.25, -0.2) is 14.4 Å². The zero-order valence-corrected chi connectivity index (χ0v) is 15.2. The van der Waals surface area contributed by atoms with Crippen LogP contribution in [-0.4, -0.2) is 27.5 Å². The molecule has 0 aliphatic carbocycles. The number of hydrogen-bond acceptors (Lipinski definition) is 4. The molecular weight excluding hydrogens is 341 g/mol. The Labute approximate surface area is 157 Å². The summed E-state index contributed by atoms with van der Waals surface area (Å²) in [6.45, 7) is 3.23. The van der Waals surface area contributed by atoms with Gasteiger partial charge in [-0.2, -0.15) is 0 Å². The van der Waals surface area contributed by atoms with Gasteiger partial charge in [0.05, 0.1) is 11.4 Å². The predicted molar refractivity (Wildman–Crippen MR) is 105 cm³/mol. The Bertz CT molecular complexity index is 996. The normalized spacial score (nSPS) is 20.8. The summed E-state index contributed by atoms with van der Waals surface area (Å²) < 4.78 is 13.9. The minimum absolute atomic E-state index is 0.272. The SMILES string of the molecule is CCC1CC(c2nc3c([nH]2)-c2ccc(F)cc2Nc2ncccc2-3)CCN1. The number of piperidine rings is 1. The molecule has 2 aromatic heterocycles. The van der Waals surface area contributed by atoms with E-state index >= 15 is 0 Å².